The van der Waals surface area contributed by atoms with Crippen LogP contribution in [0, 0.1) is 0 Å². The summed E-state index contributed by atoms with van der Waals surface area (Å²) in [5.41, 5.74) is -0.585. The molecule has 0 saturated heterocycles. The number of nitrogens with zero attached hydrogens (tertiary/aromatic N) is 3. The van der Waals surface area contributed by atoms with Gasteiger partial charge in [-0.1, -0.05) is 0 Å². The molecule has 0 aliphatic heterocycles. The molecule has 7 heteroatoms. The Morgan fingerprint density at radius 1 is 1.36 bits per heavy atom. The molecule has 0 aliphatic rings. The Kier molecular flexibility index (Phi) is 1.99. The number of fused-ring (bicyclic) bond motifs is 1. The quantitative estimate of drug-likeness (QED) is 0.733. The van der Waals surface area contributed by atoms with Crippen LogP contribution in [0.15, 0.2) is 23.1 Å². The minimum atomic E-state index is -4.38. The Bertz CT molecular complexity index is 476. The van der Waals surface area contributed by atoms with Crippen LogP contribution in [-0.2, 0) is 6.18 Å². The second-order valence-electron chi connectivity index (χ2n) is 2.60. The summed E-state index contributed by atoms with van der Waals surface area (Å²) in [5, 5.41) is 3.71. The first-order valence-electron chi connectivity index (χ1n) is 3.54. The van der Waals surface area contributed by atoms with Gasteiger partial charge in [-0.3, -0.25) is 0 Å². The number of hydrogen-bond donors (Lipinski definition) is 0. The first kappa shape index (κ1) is 9.45. The number of pyridine rings is 1. The topological polar surface area (TPSA) is 30.2 Å². The van der Waals surface area contributed by atoms with Gasteiger partial charge in [0.2, 0.25) is 0 Å². The molecule has 2 aromatic heterocycles. The summed E-state index contributed by atoms with van der Waals surface area (Å²) in [6, 6.07) is 0.942. The molecular weight excluding hydrogens is 263 g/mol. The molecule has 2 heterocycles. The highest BCUT2D eigenvalue weighted by Gasteiger charge is 2.33. The highest BCUT2D eigenvalue weighted by atomic mass is 79.9. The van der Waals surface area contributed by atoms with Gasteiger partial charge in [-0.15, -0.1) is 0 Å². The van der Waals surface area contributed by atoms with Gasteiger partial charge in [0.1, 0.15) is 6.33 Å². The van der Waals surface area contributed by atoms with Crippen molar-refractivity contribution in [1.29, 1.82) is 0 Å². The van der Waals surface area contributed by atoms with Crippen molar-refractivity contribution in [3.05, 3.63) is 28.6 Å². The van der Waals surface area contributed by atoms with Gasteiger partial charge in [-0.25, -0.2) is 9.50 Å². The van der Waals surface area contributed by atoms with E-state index in [1.54, 1.807) is 0 Å². The Morgan fingerprint density at radius 2 is 2.07 bits per heavy atom. The second-order valence-corrected chi connectivity index (χ2v) is 3.45. The van der Waals surface area contributed by atoms with Gasteiger partial charge in [0.25, 0.3) is 0 Å². The Labute approximate surface area is 84.7 Å². The lowest BCUT2D eigenvalue weighted by molar-refractivity contribution is -0.138. The molecule has 2 aromatic rings. The largest absolute Gasteiger partial charge is 0.417 e. The summed E-state index contributed by atoms with van der Waals surface area (Å²) < 4.78 is 38.4. The molecule has 74 valence electrons. The minimum absolute atomic E-state index is 0.0528. The van der Waals surface area contributed by atoms with Crippen molar-refractivity contribution >= 4 is 21.6 Å². The van der Waals surface area contributed by atoms with E-state index in [1.807, 2.05) is 0 Å². The van der Waals surface area contributed by atoms with Gasteiger partial charge in [0.15, 0.2) is 5.65 Å². The van der Waals surface area contributed by atoms with Crippen molar-refractivity contribution in [2.24, 2.45) is 0 Å². The van der Waals surface area contributed by atoms with Crippen molar-refractivity contribution < 1.29 is 13.2 Å². The molecule has 0 bridgehead atoms. The molecule has 3 nitrogen and oxygen atoms in total. The van der Waals surface area contributed by atoms with Gasteiger partial charge in [0, 0.05) is 10.7 Å². The fourth-order valence-electron chi connectivity index (χ4n) is 1.05. The van der Waals surface area contributed by atoms with Crippen LogP contribution in [0.5, 0.6) is 0 Å². The van der Waals surface area contributed by atoms with Crippen LogP contribution < -0.4 is 0 Å². The predicted molar refractivity (Wildman–Crippen MR) is 45.7 cm³/mol. The minimum Gasteiger partial charge on any atom is -0.220 e. The zero-order valence-corrected chi connectivity index (χ0v) is 8.17. The average Bonchev–Trinajstić information content (AvgIpc) is 2.47. The molecule has 0 saturated carbocycles. The van der Waals surface area contributed by atoms with Crippen LogP contribution in [0.4, 0.5) is 13.2 Å². The Hall–Kier alpha value is -1.11. The third-order valence-electron chi connectivity index (χ3n) is 1.67. The monoisotopic (exact) mass is 265 g/mol. The Morgan fingerprint density at radius 3 is 2.71 bits per heavy atom. The standard InChI is InChI=1S/C7H3BrF3N3/c8-5-2-14-6(12-3-13-14)1-4(5)7(9,10)11/h1-3H. The summed E-state index contributed by atoms with van der Waals surface area (Å²) in [5.74, 6) is 0. The van der Waals surface area contributed by atoms with Crippen molar-refractivity contribution in [3.8, 4) is 0 Å². The van der Waals surface area contributed by atoms with E-state index in [-0.39, 0.29) is 10.1 Å². The first-order chi connectivity index (χ1) is 6.48. The predicted octanol–water partition coefficient (Wildman–Crippen LogP) is 2.51. The van der Waals surface area contributed by atoms with Crippen molar-refractivity contribution in [2.45, 2.75) is 6.18 Å². The molecule has 0 amide bonds. The normalized spacial score (nSPS) is 12.3. The van der Waals surface area contributed by atoms with Gasteiger partial charge in [0.05, 0.1) is 5.56 Å². The molecule has 0 spiro atoms. The smallest absolute Gasteiger partial charge is 0.220 e. The maximum atomic E-state index is 12.4. The fourth-order valence-corrected chi connectivity index (χ4v) is 1.59. The SMILES string of the molecule is FC(F)(F)c1cc2ncnn2cc1Br. The highest BCUT2D eigenvalue weighted by molar-refractivity contribution is 9.10. The second kappa shape index (κ2) is 2.94. The third-order valence-corrected chi connectivity index (χ3v) is 2.30. The lowest BCUT2D eigenvalue weighted by atomic mass is 10.2. The summed E-state index contributed by atoms with van der Waals surface area (Å²) in [7, 11) is 0. The molecule has 2 rings (SSSR count). The van der Waals surface area contributed by atoms with E-state index in [0.29, 0.717) is 0 Å². The average molecular weight is 266 g/mol. The number of aromatic nitrogens is 3. The zero-order chi connectivity index (χ0) is 10.3. The van der Waals surface area contributed by atoms with E-state index in [9.17, 15) is 13.2 Å². The summed E-state index contributed by atoms with van der Waals surface area (Å²) in [4.78, 5) is 3.66. The fraction of sp³-hybridized carbons (Fsp3) is 0.143. The number of hydrogen-bond acceptors (Lipinski definition) is 2. The molecule has 0 atom stereocenters. The summed E-state index contributed by atoms with van der Waals surface area (Å²) in [6.07, 6.45) is -1.96. The van der Waals surface area contributed by atoms with Crippen molar-refractivity contribution in [2.75, 3.05) is 0 Å². The van der Waals surface area contributed by atoms with Crippen molar-refractivity contribution in [1.82, 2.24) is 14.6 Å². The van der Waals surface area contributed by atoms with Gasteiger partial charge in [-0.05, 0) is 22.0 Å². The highest BCUT2D eigenvalue weighted by Crippen LogP contribution is 2.34. The lowest BCUT2D eigenvalue weighted by Gasteiger charge is -2.08. The van der Waals surface area contributed by atoms with Crippen LogP contribution in [-0.4, -0.2) is 14.6 Å². The lowest BCUT2D eigenvalue weighted by Crippen LogP contribution is -2.07. The molecule has 14 heavy (non-hydrogen) atoms. The van der Waals surface area contributed by atoms with Gasteiger partial charge >= 0.3 is 6.18 Å². The number of halogens is 4. The van der Waals surface area contributed by atoms with Crippen LogP contribution in [0.2, 0.25) is 0 Å². The van der Waals surface area contributed by atoms with E-state index in [4.69, 9.17) is 0 Å². The maximum Gasteiger partial charge on any atom is 0.417 e. The van der Waals surface area contributed by atoms with Crippen LogP contribution in [0.25, 0.3) is 5.65 Å². The number of alkyl halides is 3. The molecular formula is C7H3BrF3N3. The first-order valence-corrected chi connectivity index (χ1v) is 4.34. The summed E-state index contributed by atoms with van der Waals surface area (Å²) >= 11 is 2.83. The van der Waals surface area contributed by atoms with E-state index >= 15 is 0 Å². The maximum absolute atomic E-state index is 12.4. The molecule has 0 aliphatic carbocycles. The molecule has 0 unspecified atom stereocenters. The van der Waals surface area contributed by atoms with E-state index in [1.165, 1.54) is 17.0 Å². The van der Waals surface area contributed by atoms with Gasteiger partial charge in [-0.2, -0.15) is 18.3 Å². The molecule has 0 radical (unpaired) electrons. The van der Waals surface area contributed by atoms with Crippen LogP contribution >= 0.6 is 15.9 Å². The zero-order valence-electron chi connectivity index (χ0n) is 6.59. The molecule has 0 aromatic carbocycles. The Balaban J connectivity index is 2.71. The third kappa shape index (κ3) is 1.47. The van der Waals surface area contributed by atoms with E-state index in [2.05, 4.69) is 26.0 Å². The van der Waals surface area contributed by atoms with E-state index < -0.39 is 11.7 Å². The summed E-state index contributed by atoms with van der Waals surface area (Å²) in [6.45, 7) is 0. The number of rotatable bonds is 0. The molecule has 0 N–H and O–H groups in total. The van der Waals surface area contributed by atoms with Gasteiger partial charge < -0.3 is 0 Å². The van der Waals surface area contributed by atoms with Crippen molar-refractivity contribution in [3.63, 3.8) is 0 Å². The van der Waals surface area contributed by atoms with E-state index in [0.717, 1.165) is 6.07 Å². The van der Waals surface area contributed by atoms with Crippen LogP contribution in [0.1, 0.15) is 5.56 Å². The van der Waals surface area contributed by atoms with Crippen LogP contribution in [0.3, 0.4) is 0 Å². The molecule has 0 fully saturated rings.